The summed E-state index contributed by atoms with van der Waals surface area (Å²) in [5.41, 5.74) is 8.18. The van der Waals surface area contributed by atoms with Crippen LogP contribution in [0.25, 0.3) is 0 Å². The fraction of sp³-hybridized carbons (Fsp3) is 0.143. The van der Waals surface area contributed by atoms with Crippen molar-refractivity contribution in [1.82, 2.24) is 0 Å². The lowest BCUT2D eigenvalue weighted by Crippen LogP contribution is -2.18. The minimum absolute atomic E-state index is 0.348. The average Bonchev–Trinajstić information content (AvgIpc) is 2.35. The molecule has 0 spiro atoms. The maximum absolute atomic E-state index is 13.0. The Balaban J connectivity index is 2.25. The first kappa shape index (κ1) is 14.0. The molecule has 0 aliphatic heterocycles. The number of benzene rings is 2. The van der Waals surface area contributed by atoms with Crippen LogP contribution in [0.1, 0.15) is 5.56 Å². The Kier molecular flexibility index (Phi) is 4.17. The summed E-state index contributed by atoms with van der Waals surface area (Å²) in [6.45, 7) is 0.518. The molecule has 2 nitrogen and oxygen atoms in total. The van der Waals surface area contributed by atoms with Gasteiger partial charge >= 0.3 is 0 Å². The number of nitrogens with zero attached hydrogens (tertiary/aromatic N) is 1. The molecule has 0 unspecified atom stereocenters. The molecular formula is C14H13Cl2FN2. The Bertz CT molecular complexity index is 602. The smallest absolute Gasteiger partial charge is 0.124 e. The van der Waals surface area contributed by atoms with Crippen LogP contribution in [0.5, 0.6) is 0 Å². The molecule has 0 heterocycles. The predicted octanol–water partition coefficient (Wildman–Crippen LogP) is 4.35. The fourth-order valence-electron chi connectivity index (χ4n) is 1.84. The maximum atomic E-state index is 13.0. The molecule has 0 aliphatic carbocycles. The summed E-state index contributed by atoms with van der Waals surface area (Å²) in [4.78, 5) is 1.92. The first-order chi connectivity index (χ1) is 8.97. The number of rotatable bonds is 3. The quantitative estimate of drug-likeness (QED) is 0.854. The number of hydrogen-bond donors (Lipinski definition) is 1. The molecule has 0 saturated heterocycles. The number of nitrogen functional groups attached to an aromatic ring is 1. The third-order valence-electron chi connectivity index (χ3n) is 2.83. The molecule has 0 atom stereocenters. The van der Waals surface area contributed by atoms with E-state index in [-0.39, 0.29) is 5.82 Å². The minimum atomic E-state index is -0.348. The summed E-state index contributed by atoms with van der Waals surface area (Å²) < 4.78 is 13.0. The first-order valence-corrected chi connectivity index (χ1v) is 6.43. The van der Waals surface area contributed by atoms with Crippen molar-refractivity contribution >= 4 is 34.6 Å². The molecule has 0 amide bonds. The zero-order valence-corrected chi connectivity index (χ0v) is 11.8. The van der Waals surface area contributed by atoms with Crippen molar-refractivity contribution < 1.29 is 4.39 Å². The van der Waals surface area contributed by atoms with Crippen LogP contribution >= 0.6 is 23.2 Å². The van der Waals surface area contributed by atoms with Gasteiger partial charge in [0.05, 0.1) is 11.4 Å². The number of hydrogen-bond acceptors (Lipinski definition) is 2. The van der Waals surface area contributed by atoms with Crippen LogP contribution in [0.2, 0.25) is 10.0 Å². The Morgan fingerprint density at radius 1 is 1.16 bits per heavy atom. The van der Waals surface area contributed by atoms with Crippen LogP contribution < -0.4 is 10.6 Å². The van der Waals surface area contributed by atoms with Gasteiger partial charge in [0.2, 0.25) is 0 Å². The van der Waals surface area contributed by atoms with E-state index in [0.717, 1.165) is 11.3 Å². The molecule has 2 aromatic rings. The van der Waals surface area contributed by atoms with Crippen molar-refractivity contribution in [1.29, 1.82) is 0 Å². The molecule has 2 N–H and O–H groups in total. The third kappa shape index (κ3) is 3.31. The van der Waals surface area contributed by atoms with Crippen LogP contribution in [-0.4, -0.2) is 7.05 Å². The summed E-state index contributed by atoms with van der Waals surface area (Å²) >= 11 is 12.0. The SMILES string of the molecule is CN(Cc1ccc(F)cc1Cl)c1cc(Cl)ccc1N. The van der Waals surface area contributed by atoms with Gasteiger partial charge in [-0.3, -0.25) is 0 Å². The van der Waals surface area contributed by atoms with Gasteiger partial charge in [-0.15, -0.1) is 0 Å². The molecular weight excluding hydrogens is 286 g/mol. The van der Waals surface area contributed by atoms with E-state index in [1.807, 2.05) is 11.9 Å². The Labute approximate surface area is 121 Å². The fourth-order valence-corrected chi connectivity index (χ4v) is 2.23. The van der Waals surface area contributed by atoms with E-state index in [2.05, 4.69) is 0 Å². The minimum Gasteiger partial charge on any atom is -0.397 e. The summed E-state index contributed by atoms with van der Waals surface area (Å²) in [6.07, 6.45) is 0. The van der Waals surface area contributed by atoms with Gasteiger partial charge in [-0.2, -0.15) is 0 Å². The van der Waals surface area contributed by atoms with Gasteiger partial charge in [0, 0.05) is 23.6 Å². The summed E-state index contributed by atoms with van der Waals surface area (Å²) in [6, 6.07) is 9.62. The van der Waals surface area contributed by atoms with Crippen LogP contribution in [0.3, 0.4) is 0 Å². The van der Waals surface area contributed by atoms with Crippen LogP contribution in [-0.2, 0) is 6.54 Å². The Morgan fingerprint density at radius 2 is 1.89 bits per heavy atom. The van der Waals surface area contributed by atoms with Crippen LogP contribution in [0.15, 0.2) is 36.4 Å². The number of nitrogens with two attached hydrogens (primary N) is 1. The van der Waals surface area contributed by atoms with E-state index >= 15 is 0 Å². The Hall–Kier alpha value is -1.45. The van der Waals surface area contributed by atoms with E-state index in [4.69, 9.17) is 28.9 Å². The van der Waals surface area contributed by atoms with Gasteiger partial charge in [0.1, 0.15) is 5.82 Å². The molecule has 0 fully saturated rings. The molecule has 0 saturated carbocycles. The molecule has 0 aliphatic rings. The van der Waals surface area contributed by atoms with Gasteiger partial charge in [-0.25, -0.2) is 4.39 Å². The van der Waals surface area contributed by atoms with E-state index in [0.29, 0.717) is 22.3 Å². The van der Waals surface area contributed by atoms with Gasteiger partial charge < -0.3 is 10.6 Å². The first-order valence-electron chi connectivity index (χ1n) is 5.67. The highest BCUT2D eigenvalue weighted by atomic mass is 35.5. The summed E-state index contributed by atoms with van der Waals surface area (Å²) in [5.74, 6) is -0.348. The second-order valence-electron chi connectivity index (χ2n) is 4.29. The van der Waals surface area contributed by atoms with Crippen molar-refractivity contribution in [2.75, 3.05) is 17.7 Å². The summed E-state index contributed by atoms with van der Waals surface area (Å²) in [7, 11) is 1.88. The molecule has 0 radical (unpaired) electrons. The van der Waals surface area contributed by atoms with Crippen LogP contribution in [0, 0.1) is 5.82 Å². The van der Waals surface area contributed by atoms with E-state index in [9.17, 15) is 4.39 Å². The van der Waals surface area contributed by atoms with Gasteiger partial charge in [-0.1, -0.05) is 29.3 Å². The third-order valence-corrected chi connectivity index (χ3v) is 3.41. The molecule has 100 valence electrons. The zero-order chi connectivity index (χ0) is 14.0. The molecule has 5 heteroatoms. The Morgan fingerprint density at radius 3 is 2.58 bits per heavy atom. The van der Waals surface area contributed by atoms with Crippen LogP contribution in [0.4, 0.5) is 15.8 Å². The lowest BCUT2D eigenvalue weighted by atomic mass is 10.2. The maximum Gasteiger partial charge on any atom is 0.124 e. The topological polar surface area (TPSA) is 29.3 Å². The molecule has 19 heavy (non-hydrogen) atoms. The van der Waals surface area contributed by atoms with Crippen molar-refractivity contribution in [3.05, 3.63) is 57.8 Å². The van der Waals surface area contributed by atoms with Crippen molar-refractivity contribution in [3.8, 4) is 0 Å². The van der Waals surface area contributed by atoms with E-state index < -0.39 is 0 Å². The van der Waals surface area contributed by atoms with Crippen molar-refractivity contribution in [3.63, 3.8) is 0 Å². The number of halogens is 3. The van der Waals surface area contributed by atoms with Gasteiger partial charge in [0.25, 0.3) is 0 Å². The average molecular weight is 299 g/mol. The van der Waals surface area contributed by atoms with E-state index in [1.165, 1.54) is 12.1 Å². The lowest BCUT2D eigenvalue weighted by molar-refractivity contribution is 0.627. The highest BCUT2D eigenvalue weighted by Crippen LogP contribution is 2.28. The van der Waals surface area contributed by atoms with Gasteiger partial charge in [0.15, 0.2) is 0 Å². The number of anilines is 2. The highest BCUT2D eigenvalue weighted by molar-refractivity contribution is 6.31. The zero-order valence-electron chi connectivity index (χ0n) is 10.3. The largest absolute Gasteiger partial charge is 0.397 e. The second-order valence-corrected chi connectivity index (χ2v) is 5.14. The highest BCUT2D eigenvalue weighted by Gasteiger charge is 2.09. The van der Waals surface area contributed by atoms with Crippen molar-refractivity contribution in [2.24, 2.45) is 0 Å². The second kappa shape index (κ2) is 5.68. The normalized spacial score (nSPS) is 10.5. The summed E-state index contributed by atoms with van der Waals surface area (Å²) in [5, 5.41) is 1.01. The van der Waals surface area contributed by atoms with Gasteiger partial charge in [-0.05, 0) is 35.9 Å². The van der Waals surface area contributed by atoms with E-state index in [1.54, 1.807) is 24.3 Å². The monoisotopic (exact) mass is 298 g/mol. The standard InChI is InChI=1S/C14H13Cl2FN2/c1-19(14-6-10(15)3-5-13(14)18)8-9-2-4-11(17)7-12(9)16/h2-7H,8,18H2,1H3. The molecule has 2 rings (SSSR count). The lowest BCUT2D eigenvalue weighted by Gasteiger charge is -2.22. The molecule has 2 aromatic carbocycles. The van der Waals surface area contributed by atoms with Crippen molar-refractivity contribution in [2.45, 2.75) is 6.54 Å². The molecule has 0 bridgehead atoms. The molecule has 0 aromatic heterocycles. The predicted molar refractivity (Wildman–Crippen MR) is 79.4 cm³/mol.